The second-order valence-corrected chi connectivity index (χ2v) is 19.4. The third-order valence-corrected chi connectivity index (χ3v) is 12.9. The van der Waals surface area contributed by atoms with Gasteiger partial charge in [-0.25, -0.2) is 0 Å². The maximum absolute atomic E-state index is 12.7. The highest BCUT2D eigenvalue weighted by atomic mass is 16.5. The molecule has 2 unspecified atom stereocenters. The van der Waals surface area contributed by atoms with Gasteiger partial charge in [-0.05, 0) is 56.1 Å². The monoisotopic (exact) mass is 825 g/mol. The third-order valence-electron chi connectivity index (χ3n) is 12.9. The largest absolute Gasteiger partial charge is 0.491 e. The summed E-state index contributed by atoms with van der Waals surface area (Å²) in [6.45, 7) is 19.9. The quantitative estimate of drug-likeness (QED) is 0.159. The normalized spacial score (nSPS) is 18.5. The maximum Gasteiger partial charge on any atom is 0.193 e. The first-order valence-corrected chi connectivity index (χ1v) is 21.5. The summed E-state index contributed by atoms with van der Waals surface area (Å²) in [5.74, 6) is 1.69. The van der Waals surface area contributed by atoms with Gasteiger partial charge in [-0.15, -0.1) is 0 Å². The molecule has 1 saturated heterocycles. The minimum Gasteiger partial charge on any atom is -0.491 e. The number of ketones is 2. The molecule has 13 heteroatoms. The highest BCUT2D eigenvalue weighted by Crippen LogP contribution is 2.45. The number of aromatic nitrogens is 6. The van der Waals surface area contributed by atoms with Gasteiger partial charge in [-0.1, -0.05) is 65.8 Å². The number of Topliss-reactive ketones (excluding diaryl/α,β-unsaturated/α-hetero) is 2. The van der Waals surface area contributed by atoms with E-state index < -0.39 is 0 Å². The van der Waals surface area contributed by atoms with Gasteiger partial charge in [-0.3, -0.25) is 28.5 Å². The van der Waals surface area contributed by atoms with Gasteiger partial charge in [-0.2, -0.15) is 10.2 Å². The van der Waals surface area contributed by atoms with Gasteiger partial charge in [0.05, 0.1) is 71.8 Å². The Morgan fingerprint density at radius 3 is 1.61 bits per heavy atom. The maximum atomic E-state index is 12.7. The van der Waals surface area contributed by atoms with E-state index in [-0.39, 0.29) is 62.6 Å². The summed E-state index contributed by atoms with van der Waals surface area (Å²) in [7, 11) is 0. The molecule has 2 aromatic carbocycles. The van der Waals surface area contributed by atoms with Gasteiger partial charge in [0.15, 0.2) is 22.4 Å². The van der Waals surface area contributed by atoms with Crippen molar-refractivity contribution in [3.63, 3.8) is 0 Å². The second-order valence-electron chi connectivity index (χ2n) is 19.4. The standard InChI is InChI=1S/C24H28N4O3.C24H27N3O3/c1-14(29)17-11-27-18(8-19(17)30)23-16-6-5-7-20(31-13-15-9-25-10-15)22(16)26-28(23)12-21(27)24(2,3)4;1-14(28)17-12-26-18(11-19(17)29)23-16-9-6-10-20(30-15-7-5-8-15)22(16)25-27(23)13-21(26)24(2,3)4/h5-8,11,15,21,25H,9-10,12-13H2,1-4H3;6,9-12,15,21H,5,7-8,13H2,1-4H3. The molecule has 1 N–H and O–H groups in total. The van der Waals surface area contributed by atoms with Crippen LogP contribution >= 0.6 is 0 Å². The second kappa shape index (κ2) is 15.0. The number of fused-ring (bicyclic) bond motifs is 10. The fourth-order valence-electron chi connectivity index (χ4n) is 9.02. The van der Waals surface area contributed by atoms with Gasteiger partial charge in [0.2, 0.25) is 0 Å². The average molecular weight is 826 g/mol. The average Bonchev–Trinajstić information content (AvgIpc) is 3.73. The Labute approximate surface area is 354 Å². The van der Waals surface area contributed by atoms with Gasteiger partial charge in [0.1, 0.15) is 22.5 Å². The van der Waals surface area contributed by atoms with Crippen LogP contribution in [0.25, 0.3) is 44.6 Å². The zero-order valence-electron chi connectivity index (χ0n) is 36.4. The van der Waals surface area contributed by atoms with E-state index in [2.05, 4.69) is 56.0 Å². The Morgan fingerprint density at radius 1 is 0.721 bits per heavy atom. The number of carbonyl (C=O) groups is 2. The van der Waals surface area contributed by atoms with Crippen LogP contribution in [-0.2, 0) is 13.1 Å². The zero-order valence-corrected chi connectivity index (χ0v) is 36.4. The fraction of sp³-hybridized carbons (Fsp3) is 0.458. The lowest BCUT2D eigenvalue weighted by molar-refractivity contribution is 0.100. The van der Waals surface area contributed by atoms with Crippen LogP contribution in [0.2, 0.25) is 0 Å². The molecule has 4 aromatic heterocycles. The number of pyridine rings is 2. The van der Waals surface area contributed by atoms with Crippen LogP contribution < -0.4 is 25.6 Å². The molecule has 6 aromatic rings. The molecule has 2 atom stereocenters. The van der Waals surface area contributed by atoms with Crippen LogP contribution in [0, 0.1) is 16.7 Å². The molecule has 318 valence electrons. The number of hydrogen-bond acceptors (Lipinski definition) is 9. The van der Waals surface area contributed by atoms with Crippen LogP contribution in [0.5, 0.6) is 11.5 Å². The van der Waals surface area contributed by atoms with Crippen molar-refractivity contribution in [3.05, 3.63) is 92.5 Å². The topological polar surface area (TPSA) is 144 Å². The first kappa shape index (κ1) is 40.6. The Bertz CT molecular complexity index is 2860. The minimum atomic E-state index is -0.251. The van der Waals surface area contributed by atoms with Crippen molar-refractivity contribution in [2.45, 2.75) is 106 Å². The van der Waals surface area contributed by atoms with E-state index in [0.29, 0.717) is 25.6 Å². The molecular weight excluding hydrogens is 771 g/mol. The number of nitrogens with zero attached hydrogens (tertiary/aromatic N) is 6. The van der Waals surface area contributed by atoms with E-state index in [9.17, 15) is 19.2 Å². The van der Waals surface area contributed by atoms with Crippen molar-refractivity contribution < 1.29 is 19.1 Å². The summed E-state index contributed by atoms with van der Waals surface area (Å²) in [4.78, 5) is 49.6. The Balaban J connectivity index is 0.000000156. The number of benzene rings is 2. The van der Waals surface area contributed by atoms with E-state index in [1.165, 1.54) is 20.3 Å². The van der Waals surface area contributed by atoms with Crippen molar-refractivity contribution in [3.8, 4) is 34.3 Å². The molecule has 7 heterocycles. The molecule has 0 radical (unpaired) electrons. The van der Waals surface area contributed by atoms with Crippen molar-refractivity contribution in [1.29, 1.82) is 0 Å². The van der Waals surface area contributed by atoms with Crippen molar-refractivity contribution in [2.24, 2.45) is 16.7 Å². The van der Waals surface area contributed by atoms with E-state index in [4.69, 9.17) is 19.7 Å². The van der Waals surface area contributed by atoms with Gasteiger partial charge < -0.3 is 23.9 Å². The third kappa shape index (κ3) is 7.20. The molecule has 1 aliphatic carbocycles. The number of rotatable bonds is 7. The van der Waals surface area contributed by atoms with Crippen LogP contribution in [0.3, 0.4) is 0 Å². The molecule has 0 bridgehead atoms. The molecule has 2 fully saturated rings. The highest BCUT2D eigenvalue weighted by Gasteiger charge is 2.37. The molecule has 4 aliphatic rings. The molecule has 61 heavy (non-hydrogen) atoms. The molecular formula is C48H55N7O6. The molecule has 13 nitrogen and oxygen atoms in total. The molecule has 1 saturated carbocycles. The summed E-state index contributed by atoms with van der Waals surface area (Å²) < 4.78 is 20.6. The first-order valence-electron chi connectivity index (χ1n) is 21.5. The summed E-state index contributed by atoms with van der Waals surface area (Å²) in [6.07, 6.45) is 7.13. The van der Waals surface area contributed by atoms with Gasteiger partial charge in [0.25, 0.3) is 0 Å². The van der Waals surface area contributed by atoms with Crippen molar-refractivity contribution >= 4 is 33.4 Å². The lowest BCUT2D eigenvalue weighted by Crippen LogP contribution is -2.45. The smallest absolute Gasteiger partial charge is 0.193 e. The lowest BCUT2D eigenvalue weighted by atomic mass is 9.84. The van der Waals surface area contributed by atoms with Crippen LogP contribution in [0.1, 0.15) is 107 Å². The number of hydrogen-bond donors (Lipinski definition) is 1. The number of carbonyl (C=O) groups excluding carboxylic acids is 2. The van der Waals surface area contributed by atoms with Crippen LogP contribution in [0.4, 0.5) is 0 Å². The van der Waals surface area contributed by atoms with Crippen LogP contribution in [-0.4, -0.2) is 66.1 Å². The number of ether oxygens (including phenoxy) is 2. The molecule has 3 aliphatic heterocycles. The van der Waals surface area contributed by atoms with Gasteiger partial charge >= 0.3 is 0 Å². The molecule has 0 amide bonds. The molecule has 10 rings (SSSR count). The van der Waals surface area contributed by atoms with E-state index in [0.717, 1.165) is 82.0 Å². The number of nitrogens with one attached hydrogen (secondary N) is 1. The summed E-state index contributed by atoms with van der Waals surface area (Å²) >= 11 is 0. The SMILES string of the molecule is CC(=O)c1cn2c(cc1=O)-c1c3cccc(OC4CCC4)c3nn1CC2C(C)(C)C.CC(=O)c1cn2c(cc1=O)-c1c3cccc(OCC4CNC4)c3nn1CC2C(C)(C)C. The summed E-state index contributed by atoms with van der Waals surface area (Å²) in [6, 6.07) is 15.3. The zero-order chi connectivity index (χ0) is 43.1. The lowest BCUT2D eigenvalue weighted by Gasteiger charge is -2.38. The van der Waals surface area contributed by atoms with E-state index >= 15 is 0 Å². The fourth-order valence-corrected chi connectivity index (χ4v) is 9.02. The summed E-state index contributed by atoms with van der Waals surface area (Å²) in [5, 5.41) is 15.0. The van der Waals surface area contributed by atoms with Crippen molar-refractivity contribution in [2.75, 3.05) is 19.7 Å². The highest BCUT2D eigenvalue weighted by molar-refractivity contribution is 5.99. The Kier molecular flexibility index (Phi) is 9.96. The Hall–Kier alpha value is -5.82. The Morgan fingerprint density at radius 2 is 1.20 bits per heavy atom. The summed E-state index contributed by atoms with van der Waals surface area (Å²) in [5.41, 5.74) is 4.86. The first-order chi connectivity index (χ1) is 29.0. The van der Waals surface area contributed by atoms with Crippen LogP contribution in [0.15, 0.2) is 70.5 Å². The van der Waals surface area contributed by atoms with Gasteiger partial charge in [0, 0.05) is 54.3 Å². The predicted octanol–water partition coefficient (Wildman–Crippen LogP) is 7.87. The van der Waals surface area contributed by atoms with E-state index in [1.54, 1.807) is 24.5 Å². The molecule has 0 spiro atoms. The minimum absolute atomic E-state index is 0.0495. The van der Waals surface area contributed by atoms with E-state index in [1.807, 2.05) is 45.8 Å². The predicted molar refractivity (Wildman–Crippen MR) is 236 cm³/mol. The van der Waals surface area contributed by atoms with Crippen molar-refractivity contribution in [1.82, 2.24) is 34.0 Å².